The number of benzene rings is 2. The molecule has 0 aliphatic heterocycles. The molecule has 0 spiro atoms. The number of carbonyl (C=O) groups is 2. The van der Waals surface area contributed by atoms with Crippen molar-refractivity contribution in [1.29, 1.82) is 0 Å². The third kappa shape index (κ3) is 5.09. The molecule has 3 rings (SSSR count). The van der Waals surface area contributed by atoms with Gasteiger partial charge in [0.15, 0.2) is 0 Å². The summed E-state index contributed by atoms with van der Waals surface area (Å²) < 4.78 is 10.5. The van der Waals surface area contributed by atoms with Crippen LogP contribution in [-0.4, -0.2) is 25.6 Å². The summed E-state index contributed by atoms with van der Waals surface area (Å²) in [5, 5.41) is 5.62. The van der Waals surface area contributed by atoms with Crippen LogP contribution in [0.3, 0.4) is 0 Å². The molecule has 30 heavy (non-hydrogen) atoms. The van der Waals surface area contributed by atoms with E-state index in [0.29, 0.717) is 26.9 Å². The Morgan fingerprint density at radius 2 is 1.87 bits per heavy atom. The standard InChI is InChI=1S/C23H20ClNO4S/c1-3-29-23(27)21-18(15-8-11-17(24)12-9-15)14-30-22(21)25-20(26)13-10-16-6-4-5-7-19(16)28-2/h4-14H,3H2,1-2H3,(H,25,26). The largest absolute Gasteiger partial charge is 0.496 e. The summed E-state index contributed by atoms with van der Waals surface area (Å²) in [7, 11) is 1.57. The van der Waals surface area contributed by atoms with E-state index < -0.39 is 5.97 Å². The predicted molar refractivity (Wildman–Crippen MR) is 121 cm³/mol. The number of esters is 1. The van der Waals surface area contributed by atoms with Gasteiger partial charge in [-0.2, -0.15) is 0 Å². The molecule has 0 unspecified atom stereocenters. The molecule has 0 aliphatic carbocycles. The van der Waals surface area contributed by atoms with Gasteiger partial charge in [0, 0.05) is 27.6 Å². The molecule has 0 aliphatic rings. The van der Waals surface area contributed by atoms with Gasteiger partial charge in [-0.15, -0.1) is 11.3 Å². The molecular formula is C23H20ClNO4S. The average molecular weight is 442 g/mol. The monoisotopic (exact) mass is 441 g/mol. The van der Waals surface area contributed by atoms with Gasteiger partial charge >= 0.3 is 5.97 Å². The normalized spacial score (nSPS) is 10.8. The minimum absolute atomic E-state index is 0.232. The van der Waals surface area contributed by atoms with Crippen molar-refractivity contribution in [3.8, 4) is 16.9 Å². The first-order chi connectivity index (χ1) is 14.5. The van der Waals surface area contributed by atoms with Gasteiger partial charge in [-0.1, -0.05) is 41.9 Å². The van der Waals surface area contributed by atoms with Crippen LogP contribution in [0.15, 0.2) is 60.0 Å². The summed E-state index contributed by atoms with van der Waals surface area (Å²) in [6.07, 6.45) is 3.06. The average Bonchev–Trinajstić information content (AvgIpc) is 3.16. The number of anilines is 1. The Labute approximate surface area is 183 Å². The van der Waals surface area contributed by atoms with Gasteiger partial charge in [0.2, 0.25) is 5.91 Å². The summed E-state index contributed by atoms with van der Waals surface area (Å²) in [6, 6.07) is 14.5. The lowest BCUT2D eigenvalue weighted by Crippen LogP contribution is -2.12. The maximum absolute atomic E-state index is 12.6. The van der Waals surface area contributed by atoms with E-state index in [0.717, 1.165) is 11.1 Å². The zero-order valence-corrected chi connectivity index (χ0v) is 18.0. The highest BCUT2D eigenvalue weighted by molar-refractivity contribution is 7.15. The third-order valence-corrected chi connectivity index (χ3v) is 5.36. The van der Waals surface area contributed by atoms with Gasteiger partial charge < -0.3 is 14.8 Å². The maximum atomic E-state index is 12.6. The second-order valence-electron chi connectivity index (χ2n) is 6.15. The summed E-state index contributed by atoms with van der Waals surface area (Å²) >= 11 is 7.23. The van der Waals surface area contributed by atoms with E-state index in [2.05, 4.69) is 5.32 Å². The molecule has 0 bridgehead atoms. The zero-order chi connectivity index (χ0) is 21.5. The van der Waals surface area contributed by atoms with E-state index >= 15 is 0 Å². The van der Waals surface area contributed by atoms with Crippen LogP contribution in [0.4, 0.5) is 5.00 Å². The maximum Gasteiger partial charge on any atom is 0.341 e. The number of nitrogens with one attached hydrogen (secondary N) is 1. The van der Waals surface area contributed by atoms with Gasteiger partial charge in [-0.25, -0.2) is 4.79 Å². The van der Waals surface area contributed by atoms with Crippen molar-refractivity contribution in [2.24, 2.45) is 0 Å². The first-order valence-corrected chi connectivity index (χ1v) is 10.5. The fraction of sp³-hybridized carbons (Fsp3) is 0.130. The van der Waals surface area contributed by atoms with Crippen LogP contribution in [0, 0.1) is 0 Å². The molecule has 1 aromatic heterocycles. The smallest absolute Gasteiger partial charge is 0.341 e. The number of halogens is 1. The third-order valence-electron chi connectivity index (χ3n) is 4.22. The number of hydrogen-bond donors (Lipinski definition) is 1. The SMILES string of the molecule is CCOC(=O)c1c(-c2ccc(Cl)cc2)csc1NC(=O)C=Cc1ccccc1OC. The number of hydrogen-bond acceptors (Lipinski definition) is 5. The lowest BCUT2D eigenvalue weighted by molar-refractivity contribution is -0.111. The first kappa shape index (κ1) is 21.6. The van der Waals surface area contributed by atoms with Crippen molar-refractivity contribution < 1.29 is 19.1 Å². The van der Waals surface area contributed by atoms with Crippen molar-refractivity contribution in [1.82, 2.24) is 0 Å². The molecule has 1 heterocycles. The van der Waals surface area contributed by atoms with Gasteiger partial charge in [0.05, 0.1) is 13.7 Å². The zero-order valence-electron chi connectivity index (χ0n) is 16.5. The Morgan fingerprint density at radius 3 is 2.57 bits per heavy atom. The molecule has 5 nitrogen and oxygen atoms in total. The minimum Gasteiger partial charge on any atom is -0.496 e. The van der Waals surface area contributed by atoms with Crippen molar-refractivity contribution in [3.63, 3.8) is 0 Å². The Hall–Kier alpha value is -3.09. The highest BCUT2D eigenvalue weighted by Crippen LogP contribution is 2.36. The molecule has 1 amide bonds. The van der Waals surface area contributed by atoms with Crippen molar-refractivity contribution in [2.45, 2.75) is 6.92 Å². The Balaban J connectivity index is 1.88. The number of carbonyl (C=O) groups excluding carboxylic acids is 2. The van der Waals surface area contributed by atoms with E-state index in [4.69, 9.17) is 21.1 Å². The second kappa shape index (κ2) is 10.1. The van der Waals surface area contributed by atoms with E-state index in [1.54, 1.807) is 32.2 Å². The van der Waals surface area contributed by atoms with Crippen LogP contribution < -0.4 is 10.1 Å². The molecule has 2 aromatic carbocycles. The topological polar surface area (TPSA) is 64.6 Å². The van der Waals surface area contributed by atoms with Gasteiger partial charge in [-0.05, 0) is 36.8 Å². The summed E-state index contributed by atoms with van der Waals surface area (Å²) in [5.74, 6) is -0.196. The number of para-hydroxylation sites is 1. The van der Waals surface area contributed by atoms with Crippen LogP contribution in [0.5, 0.6) is 5.75 Å². The number of methoxy groups -OCH3 is 1. The van der Waals surface area contributed by atoms with Crippen LogP contribution in [-0.2, 0) is 9.53 Å². The molecule has 3 aromatic rings. The highest BCUT2D eigenvalue weighted by Gasteiger charge is 2.22. The lowest BCUT2D eigenvalue weighted by atomic mass is 10.0. The first-order valence-electron chi connectivity index (χ1n) is 9.20. The molecule has 0 saturated carbocycles. The Bertz CT molecular complexity index is 1070. The van der Waals surface area contributed by atoms with Gasteiger partial charge in [0.1, 0.15) is 16.3 Å². The van der Waals surface area contributed by atoms with Crippen LogP contribution >= 0.6 is 22.9 Å². The van der Waals surface area contributed by atoms with E-state index in [1.807, 2.05) is 41.8 Å². The summed E-state index contributed by atoms with van der Waals surface area (Å²) in [4.78, 5) is 25.1. The number of amides is 1. The molecule has 0 saturated heterocycles. The highest BCUT2D eigenvalue weighted by atomic mass is 35.5. The van der Waals surface area contributed by atoms with Crippen LogP contribution in [0.25, 0.3) is 17.2 Å². The summed E-state index contributed by atoms with van der Waals surface area (Å²) in [5.41, 5.74) is 2.58. The summed E-state index contributed by atoms with van der Waals surface area (Å²) in [6.45, 7) is 1.97. The number of rotatable bonds is 7. The minimum atomic E-state index is -0.493. The molecule has 0 fully saturated rings. The van der Waals surface area contributed by atoms with E-state index in [9.17, 15) is 9.59 Å². The Morgan fingerprint density at radius 1 is 1.13 bits per heavy atom. The fourth-order valence-corrected chi connectivity index (χ4v) is 3.91. The Kier molecular flexibility index (Phi) is 7.27. The van der Waals surface area contributed by atoms with Crippen LogP contribution in [0.1, 0.15) is 22.8 Å². The fourth-order valence-electron chi connectivity index (χ4n) is 2.82. The molecular weight excluding hydrogens is 422 g/mol. The number of ether oxygens (including phenoxy) is 2. The van der Waals surface area contributed by atoms with Crippen molar-refractivity contribution in [3.05, 3.63) is 76.1 Å². The molecule has 154 valence electrons. The van der Waals surface area contributed by atoms with Crippen molar-refractivity contribution in [2.75, 3.05) is 19.0 Å². The number of thiophene rings is 1. The van der Waals surface area contributed by atoms with Gasteiger partial charge in [0.25, 0.3) is 0 Å². The lowest BCUT2D eigenvalue weighted by Gasteiger charge is -2.08. The molecule has 0 radical (unpaired) electrons. The van der Waals surface area contributed by atoms with Crippen molar-refractivity contribution >= 4 is 45.9 Å². The van der Waals surface area contributed by atoms with E-state index in [1.165, 1.54) is 17.4 Å². The predicted octanol–water partition coefficient (Wildman–Crippen LogP) is 5.91. The second-order valence-corrected chi connectivity index (χ2v) is 7.46. The van der Waals surface area contributed by atoms with Crippen LogP contribution in [0.2, 0.25) is 5.02 Å². The van der Waals surface area contributed by atoms with Gasteiger partial charge in [-0.3, -0.25) is 4.79 Å². The quantitative estimate of drug-likeness (QED) is 0.366. The molecule has 7 heteroatoms. The molecule has 1 N–H and O–H groups in total. The molecule has 0 atom stereocenters. The van der Waals surface area contributed by atoms with E-state index in [-0.39, 0.29) is 12.5 Å².